The lowest BCUT2D eigenvalue weighted by Gasteiger charge is -2.43. The lowest BCUT2D eigenvalue weighted by atomic mass is 9.98. The minimum Gasteiger partial charge on any atom is -0.463 e. The molecule has 0 saturated carbocycles. The highest BCUT2D eigenvalue weighted by molar-refractivity contribution is 7.98. The Morgan fingerprint density at radius 2 is 1.49 bits per heavy atom. The van der Waals surface area contributed by atoms with Gasteiger partial charge < -0.3 is 28.4 Å². The molecule has 1 aromatic carbocycles. The zero-order chi connectivity index (χ0) is 33.5. The molecule has 1 aliphatic heterocycles. The Morgan fingerprint density at radius 3 is 2.00 bits per heavy atom. The zero-order valence-corrected chi connectivity index (χ0v) is 26.4. The van der Waals surface area contributed by atoms with Crippen LogP contribution < -0.4 is 4.74 Å². The van der Waals surface area contributed by atoms with E-state index < -0.39 is 78.9 Å². The molecule has 0 amide bonds. The SMILES string of the molecule is CCCn1nc(O[C@@H]2O[C@H](COC(C)=O)[C@@H](OC(C)=O)[C@H](OC(C)=O)[C@H]2OC(C)=O)c(Cc2ccc(SC)cc2)c1C(F)(F)F. The summed E-state index contributed by atoms with van der Waals surface area (Å²) in [6.45, 7) is 5.30. The van der Waals surface area contributed by atoms with Gasteiger partial charge in [0.1, 0.15) is 18.4 Å². The number of aryl methyl sites for hydroxylation is 1. The van der Waals surface area contributed by atoms with Gasteiger partial charge in [-0.2, -0.15) is 13.2 Å². The molecule has 45 heavy (non-hydrogen) atoms. The largest absolute Gasteiger partial charge is 0.463 e. The molecule has 0 N–H and O–H groups in total. The second kappa shape index (κ2) is 15.5. The molecule has 0 bridgehead atoms. The van der Waals surface area contributed by atoms with Crippen LogP contribution in [0.1, 0.15) is 57.9 Å². The third-order valence-corrected chi connectivity index (χ3v) is 7.18. The summed E-state index contributed by atoms with van der Waals surface area (Å²) in [5, 5.41) is 4.13. The second-order valence-electron chi connectivity index (χ2n) is 10.1. The number of benzene rings is 1. The first-order valence-corrected chi connectivity index (χ1v) is 15.1. The Balaban J connectivity index is 2.17. The molecule has 5 atom stereocenters. The monoisotopic (exact) mass is 660 g/mol. The van der Waals surface area contributed by atoms with E-state index in [1.165, 1.54) is 11.8 Å². The van der Waals surface area contributed by atoms with Crippen LogP contribution in [0.25, 0.3) is 0 Å². The standard InChI is InChI=1S/C29H35F3N2O10S/c1-7-12-34-26(29(30,31)32)21(13-19-8-10-20(45-6)11-9-19)27(33-34)44-28-25(42-18(5)38)24(41-17(4)37)23(40-16(3)36)22(43-28)14-39-15(2)35/h8-11,22-25,28H,7,12-14H2,1-6H3/t22-,23-,24+,25-,28+/m1/s1. The van der Waals surface area contributed by atoms with Crippen LogP contribution >= 0.6 is 11.8 Å². The first-order valence-electron chi connectivity index (χ1n) is 13.9. The van der Waals surface area contributed by atoms with E-state index in [0.29, 0.717) is 12.0 Å². The van der Waals surface area contributed by atoms with Crippen LogP contribution in [-0.2, 0) is 62.0 Å². The molecule has 2 heterocycles. The summed E-state index contributed by atoms with van der Waals surface area (Å²) in [7, 11) is 0. The maximum absolute atomic E-state index is 14.5. The number of alkyl halides is 3. The number of ether oxygens (including phenoxy) is 6. The van der Waals surface area contributed by atoms with Crippen molar-refractivity contribution in [2.75, 3.05) is 12.9 Å². The Kier molecular flexibility index (Phi) is 12.3. The molecule has 0 spiro atoms. The number of hydrogen-bond donors (Lipinski definition) is 0. The van der Waals surface area contributed by atoms with E-state index in [4.69, 9.17) is 28.4 Å². The minimum atomic E-state index is -4.83. The number of thioether (sulfide) groups is 1. The fraction of sp³-hybridized carbons (Fsp3) is 0.552. The van der Waals surface area contributed by atoms with E-state index in [9.17, 15) is 32.3 Å². The smallest absolute Gasteiger partial charge is 0.433 e. The number of esters is 4. The van der Waals surface area contributed by atoms with E-state index >= 15 is 0 Å². The fourth-order valence-electron chi connectivity index (χ4n) is 4.76. The fourth-order valence-corrected chi connectivity index (χ4v) is 5.17. The van der Waals surface area contributed by atoms with Crippen molar-refractivity contribution in [3.8, 4) is 5.88 Å². The maximum atomic E-state index is 14.5. The molecule has 1 aromatic heterocycles. The Bertz CT molecular complexity index is 1370. The lowest BCUT2D eigenvalue weighted by Crippen LogP contribution is -2.63. The summed E-state index contributed by atoms with van der Waals surface area (Å²) < 4.78 is 77.5. The van der Waals surface area contributed by atoms with Crippen LogP contribution in [0.3, 0.4) is 0 Å². The van der Waals surface area contributed by atoms with Gasteiger partial charge in [-0.1, -0.05) is 19.1 Å². The third kappa shape index (κ3) is 9.60. The molecule has 16 heteroatoms. The van der Waals surface area contributed by atoms with Crippen molar-refractivity contribution in [2.24, 2.45) is 0 Å². The number of hydrogen-bond acceptors (Lipinski definition) is 12. The van der Waals surface area contributed by atoms with E-state index in [2.05, 4.69) is 5.10 Å². The van der Waals surface area contributed by atoms with Gasteiger partial charge in [0, 0.05) is 45.6 Å². The van der Waals surface area contributed by atoms with Crippen LogP contribution in [0.2, 0.25) is 0 Å². The van der Waals surface area contributed by atoms with Crippen molar-refractivity contribution in [1.29, 1.82) is 0 Å². The van der Waals surface area contributed by atoms with Gasteiger partial charge in [-0.15, -0.1) is 16.9 Å². The number of carbonyl (C=O) groups is 4. The number of nitrogens with zero attached hydrogens (tertiary/aromatic N) is 2. The van der Waals surface area contributed by atoms with Gasteiger partial charge in [-0.3, -0.25) is 23.9 Å². The highest BCUT2D eigenvalue weighted by atomic mass is 32.2. The van der Waals surface area contributed by atoms with Gasteiger partial charge in [-0.25, -0.2) is 0 Å². The van der Waals surface area contributed by atoms with Gasteiger partial charge in [-0.05, 0) is 30.4 Å². The van der Waals surface area contributed by atoms with Crippen molar-refractivity contribution in [1.82, 2.24) is 9.78 Å². The Hall–Kier alpha value is -3.79. The number of carbonyl (C=O) groups excluding carboxylic acids is 4. The van der Waals surface area contributed by atoms with Crippen molar-refractivity contribution in [3.05, 3.63) is 41.1 Å². The van der Waals surface area contributed by atoms with Gasteiger partial charge in [0.15, 0.2) is 12.2 Å². The molecule has 1 saturated heterocycles. The zero-order valence-electron chi connectivity index (χ0n) is 25.5. The number of halogens is 3. The third-order valence-electron chi connectivity index (χ3n) is 6.43. The summed E-state index contributed by atoms with van der Waals surface area (Å²) in [6.07, 6.45) is -10.7. The minimum absolute atomic E-state index is 0.102. The quantitative estimate of drug-likeness (QED) is 0.184. The molecule has 2 aromatic rings. The predicted molar refractivity (Wildman–Crippen MR) is 151 cm³/mol. The lowest BCUT2D eigenvalue weighted by molar-refractivity contribution is -0.289. The first kappa shape index (κ1) is 35.7. The summed E-state index contributed by atoms with van der Waals surface area (Å²) in [5.74, 6) is -3.81. The van der Waals surface area contributed by atoms with Crippen LogP contribution in [0.15, 0.2) is 29.2 Å². The second-order valence-corrected chi connectivity index (χ2v) is 10.9. The molecule has 12 nitrogen and oxygen atoms in total. The van der Waals surface area contributed by atoms with Crippen LogP contribution in [-0.4, -0.2) is 77.2 Å². The normalized spacial score (nSPS) is 21.5. The summed E-state index contributed by atoms with van der Waals surface area (Å²) in [4.78, 5) is 48.8. The van der Waals surface area contributed by atoms with Gasteiger partial charge >= 0.3 is 30.1 Å². The van der Waals surface area contributed by atoms with Crippen molar-refractivity contribution in [3.63, 3.8) is 0 Å². The van der Waals surface area contributed by atoms with Gasteiger partial charge in [0.25, 0.3) is 0 Å². The average Bonchev–Trinajstić information content (AvgIpc) is 3.27. The molecule has 3 rings (SSSR count). The van der Waals surface area contributed by atoms with Gasteiger partial charge in [0.2, 0.25) is 18.3 Å². The number of aromatic nitrogens is 2. The average molecular weight is 661 g/mol. The van der Waals surface area contributed by atoms with E-state index in [1.54, 1.807) is 31.2 Å². The molecule has 1 aliphatic rings. The molecule has 1 fully saturated rings. The van der Waals surface area contributed by atoms with Gasteiger partial charge in [0.05, 0.1) is 5.56 Å². The number of rotatable bonds is 12. The summed E-state index contributed by atoms with van der Waals surface area (Å²) in [6, 6.07) is 6.90. The van der Waals surface area contributed by atoms with Crippen LogP contribution in [0.4, 0.5) is 13.2 Å². The predicted octanol–water partition coefficient (Wildman–Crippen LogP) is 4.09. The van der Waals surface area contributed by atoms with E-state index in [1.807, 2.05) is 6.26 Å². The Morgan fingerprint density at radius 1 is 0.911 bits per heavy atom. The first-order chi connectivity index (χ1) is 21.1. The topological polar surface area (TPSA) is 141 Å². The summed E-state index contributed by atoms with van der Waals surface area (Å²) >= 11 is 1.47. The van der Waals surface area contributed by atoms with E-state index in [-0.39, 0.29) is 18.5 Å². The van der Waals surface area contributed by atoms with Crippen LogP contribution in [0, 0.1) is 0 Å². The van der Waals surface area contributed by atoms with Crippen molar-refractivity contribution in [2.45, 2.75) is 95.8 Å². The Labute approximate surface area is 261 Å². The molecule has 0 unspecified atom stereocenters. The molecule has 0 aliphatic carbocycles. The molecule has 248 valence electrons. The molecule has 0 radical (unpaired) electrons. The summed E-state index contributed by atoms with van der Waals surface area (Å²) in [5.41, 5.74) is -0.833. The molecular formula is C29H35F3N2O10S. The highest BCUT2D eigenvalue weighted by Crippen LogP contribution is 2.39. The maximum Gasteiger partial charge on any atom is 0.433 e. The highest BCUT2D eigenvalue weighted by Gasteiger charge is 2.54. The van der Waals surface area contributed by atoms with Crippen LogP contribution in [0.5, 0.6) is 5.88 Å². The molecular weight excluding hydrogens is 625 g/mol. The van der Waals surface area contributed by atoms with Crippen molar-refractivity contribution < 1.29 is 60.8 Å². The van der Waals surface area contributed by atoms with E-state index in [0.717, 1.165) is 37.3 Å². The van der Waals surface area contributed by atoms with Crippen molar-refractivity contribution >= 4 is 35.6 Å².